The molecule has 5 heteroatoms. The van der Waals surface area contributed by atoms with Gasteiger partial charge in [0.05, 0.1) is 17.9 Å². The zero-order valence-electron chi connectivity index (χ0n) is 12.3. The molecule has 1 unspecified atom stereocenters. The molecule has 0 bridgehead atoms. The van der Waals surface area contributed by atoms with E-state index in [9.17, 15) is 9.90 Å². The molecule has 1 N–H and O–H groups in total. The van der Waals surface area contributed by atoms with Crippen LogP contribution in [0.4, 0.5) is 5.69 Å². The van der Waals surface area contributed by atoms with Gasteiger partial charge < -0.3 is 10.0 Å². The number of carboxylic acid groups (broad SMARTS) is 1. The molecule has 0 spiro atoms. The third-order valence-electron chi connectivity index (χ3n) is 4.10. The highest BCUT2D eigenvalue weighted by molar-refractivity contribution is 5.82. The van der Waals surface area contributed by atoms with Crippen LogP contribution < -0.4 is 4.90 Å². The largest absolute Gasteiger partial charge is 0.481 e. The number of carboxylic acids is 1. The van der Waals surface area contributed by atoms with Crippen LogP contribution in [0.2, 0.25) is 0 Å². The van der Waals surface area contributed by atoms with Gasteiger partial charge in [0, 0.05) is 19.3 Å². The standard InChI is InChI=1S/C16H19N3O2/c1-3-11-8-12(18(2)17-11)9-19-10-14(16(20)21)13-6-4-5-7-15(13)19/h4-8,14H,3,9-10H2,1-2H3,(H,20,21). The van der Waals surface area contributed by atoms with Crippen LogP contribution in [0, 0.1) is 0 Å². The van der Waals surface area contributed by atoms with E-state index in [1.165, 1.54) is 0 Å². The maximum Gasteiger partial charge on any atom is 0.312 e. The second-order valence-electron chi connectivity index (χ2n) is 5.43. The SMILES string of the molecule is CCc1cc(CN2CC(C(=O)O)c3ccccc32)n(C)n1. The van der Waals surface area contributed by atoms with Gasteiger partial charge in [-0.05, 0) is 24.1 Å². The summed E-state index contributed by atoms with van der Waals surface area (Å²) < 4.78 is 1.88. The topological polar surface area (TPSA) is 58.4 Å². The van der Waals surface area contributed by atoms with Gasteiger partial charge in [0.2, 0.25) is 0 Å². The molecule has 21 heavy (non-hydrogen) atoms. The van der Waals surface area contributed by atoms with Crippen molar-refractivity contribution < 1.29 is 9.90 Å². The molecule has 1 aliphatic rings. The molecule has 0 amide bonds. The Morgan fingerprint density at radius 1 is 1.43 bits per heavy atom. The molecule has 0 radical (unpaired) electrons. The Hall–Kier alpha value is -2.30. The zero-order chi connectivity index (χ0) is 15.0. The number of nitrogens with zero attached hydrogens (tertiary/aromatic N) is 3. The van der Waals surface area contributed by atoms with E-state index in [1.54, 1.807) is 0 Å². The molecule has 0 saturated carbocycles. The molecule has 0 fully saturated rings. The molecular formula is C16H19N3O2. The lowest BCUT2D eigenvalue weighted by Crippen LogP contribution is -2.25. The van der Waals surface area contributed by atoms with E-state index in [4.69, 9.17) is 0 Å². The fourth-order valence-electron chi connectivity index (χ4n) is 2.94. The van der Waals surface area contributed by atoms with Gasteiger partial charge in [-0.3, -0.25) is 9.48 Å². The number of para-hydroxylation sites is 1. The van der Waals surface area contributed by atoms with E-state index < -0.39 is 11.9 Å². The second-order valence-corrected chi connectivity index (χ2v) is 5.43. The summed E-state index contributed by atoms with van der Waals surface area (Å²) >= 11 is 0. The summed E-state index contributed by atoms with van der Waals surface area (Å²) in [7, 11) is 1.94. The number of carbonyl (C=O) groups is 1. The lowest BCUT2D eigenvalue weighted by molar-refractivity contribution is -0.138. The van der Waals surface area contributed by atoms with Crippen molar-refractivity contribution in [1.82, 2.24) is 9.78 Å². The number of aromatic nitrogens is 2. The molecule has 1 aromatic heterocycles. The number of hydrogen-bond donors (Lipinski definition) is 1. The van der Waals surface area contributed by atoms with Crippen molar-refractivity contribution in [3.63, 3.8) is 0 Å². The fraction of sp³-hybridized carbons (Fsp3) is 0.375. The van der Waals surface area contributed by atoms with Gasteiger partial charge in [0.25, 0.3) is 0 Å². The Morgan fingerprint density at radius 2 is 2.19 bits per heavy atom. The quantitative estimate of drug-likeness (QED) is 0.935. The van der Waals surface area contributed by atoms with Gasteiger partial charge in [-0.2, -0.15) is 5.10 Å². The average molecular weight is 285 g/mol. The highest BCUT2D eigenvalue weighted by Crippen LogP contribution is 2.37. The van der Waals surface area contributed by atoms with Gasteiger partial charge in [0.1, 0.15) is 5.92 Å². The predicted octanol–water partition coefficient (Wildman–Crippen LogP) is 2.17. The highest BCUT2D eigenvalue weighted by Gasteiger charge is 2.33. The van der Waals surface area contributed by atoms with Crippen molar-refractivity contribution in [2.45, 2.75) is 25.8 Å². The maximum atomic E-state index is 11.4. The number of benzene rings is 1. The molecule has 2 heterocycles. The van der Waals surface area contributed by atoms with E-state index >= 15 is 0 Å². The second kappa shape index (κ2) is 5.24. The van der Waals surface area contributed by atoms with Crippen LogP contribution in [-0.2, 0) is 24.8 Å². The normalized spacial score (nSPS) is 17.0. The van der Waals surface area contributed by atoms with Crippen molar-refractivity contribution in [3.8, 4) is 0 Å². The van der Waals surface area contributed by atoms with Crippen LogP contribution in [0.1, 0.15) is 29.8 Å². The molecule has 3 rings (SSSR count). The number of anilines is 1. The maximum absolute atomic E-state index is 11.4. The Kier molecular flexibility index (Phi) is 3.41. The van der Waals surface area contributed by atoms with Crippen LogP contribution in [0.5, 0.6) is 0 Å². The van der Waals surface area contributed by atoms with Crippen LogP contribution in [0.3, 0.4) is 0 Å². The summed E-state index contributed by atoms with van der Waals surface area (Å²) in [4.78, 5) is 13.6. The van der Waals surface area contributed by atoms with Gasteiger partial charge in [-0.15, -0.1) is 0 Å². The Morgan fingerprint density at radius 3 is 2.86 bits per heavy atom. The number of aliphatic carboxylic acids is 1. The Balaban J connectivity index is 1.90. The molecule has 1 atom stereocenters. The van der Waals surface area contributed by atoms with Crippen molar-refractivity contribution in [2.75, 3.05) is 11.4 Å². The van der Waals surface area contributed by atoms with Crippen LogP contribution in [-0.4, -0.2) is 27.4 Å². The summed E-state index contributed by atoms with van der Waals surface area (Å²) in [5.41, 5.74) is 4.09. The van der Waals surface area contributed by atoms with Crippen molar-refractivity contribution in [1.29, 1.82) is 0 Å². The first kappa shape index (κ1) is 13.7. The van der Waals surface area contributed by atoms with Crippen molar-refractivity contribution >= 4 is 11.7 Å². The average Bonchev–Trinajstić information content (AvgIpc) is 3.01. The predicted molar refractivity (Wildman–Crippen MR) is 80.5 cm³/mol. The van der Waals surface area contributed by atoms with E-state index in [0.29, 0.717) is 13.1 Å². The van der Waals surface area contributed by atoms with Gasteiger partial charge in [-0.1, -0.05) is 25.1 Å². The lowest BCUT2D eigenvalue weighted by atomic mass is 10.0. The Bertz CT molecular complexity index is 678. The molecule has 1 aromatic carbocycles. The first-order valence-corrected chi connectivity index (χ1v) is 7.18. The van der Waals surface area contributed by atoms with Gasteiger partial charge >= 0.3 is 5.97 Å². The number of rotatable bonds is 4. The molecule has 110 valence electrons. The minimum absolute atomic E-state index is 0.444. The minimum Gasteiger partial charge on any atom is -0.481 e. The number of fused-ring (bicyclic) bond motifs is 1. The molecule has 1 aliphatic heterocycles. The Labute approximate surface area is 123 Å². The van der Waals surface area contributed by atoms with Crippen molar-refractivity contribution in [3.05, 3.63) is 47.3 Å². The zero-order valence-corrected chi connectivity index (χ0v) is 12.3. The fourth-order valence-corrected chi connectivity index (χ4v) is 2.94. The van der Waals surface area contributed by atoms with E-state index in [0.717, 1.165) is 29.1 Å². The van der Waals surface area contributed by atoms with Crippen LogP contribution >= 0.6 is 0 Å². The molecular weight excluding hydrogens is 266 g/mol. The van der Waals surface area contributed by atoms with E-state index in [2.05, 4.69) is 23.0 Å². The summed E-state index contributed by atoms with van der Waals surface area (Å²) in [6, 6.07) is 9.86. The minimum atomic E-state index is -0.760. The monoisotopic (exact) mass is 285 g/mol. The molecule has 0 saturated heterocycles. The number of hydrogen-bond acceptors (Lipinski definition) is 3. The summed E-state index contributed by atoms with van der Waals surface area (Å²) in [6.07, 6.45) is 0.905. The summed E-state index contributed by atoms with van der Waals surface area (Å²) in [5, 5.41) is 13.9. The first-order chi connectivity index (χ1) is 10.1. The lowest BCUT2D eigenvalue weighted by Gasteiger charge is -2.19. The van der Waals surface area contributed by atoms with Crippen LogP contribution in [0.15, 0.2) is 30.3 Å². The molecule has 0 aliphatic carbocycles. The smallest absolute Gasteiger partial charge is 0.312 e. The first-order valence-electron chi connectivity index (χ1n) is 7.18. The number of aryl methyl sites for hydroxylation is 2. The van der Waals surface area contributed by atoms with Crippen LogP contribution in [0.25, 0.3) is 0 Å². The molecule has 5 nitrogen and oxygen atoms in total. The summed E-state index contributed by atoms with van der Waals surface area (Å²) in [5.74, 6) is -1.20. The third kappa shape index (κ3) is 2.39. The highest BCUT2D eigenvalue weighted by atomic mass is 16.4. The molecule has 2 aromatic rings. The van der Waals surface area contributed by atoms with Crippen molar-refractivity contribution in [2.24, 2.45) is 7.05 Å². The van der Waals surface area contributed by atoms with E-state index in [1.807, 2.05) is 36.0 Å². The third-order valence-corrected chi connectivity index (χ3v) is 4.10. The van der Waals surface area contributed by atoms with Gasteiger partial charge in [0.15, 0.2) is 0 Å². The van der Waals surface area contributed by atoms with Gasteiger partial charge in [-0.25, -0.2) is 0 Å². The van der Waals surface area contributed by atoms with E-state index in [-0.39, 0.29) is 0 Å². The summed E-state index contributed by atoms with van der Waals surface area (Å²) in [6.45, 7) is 3.28.